The van der Waals surface area contributed by atoms with Crippen LogP contribution in [0.2, 0.25) is 0 Å². The van der Waals surface area contributed by atoms with Crippen LogP contribution in [0.25, 0.3) is 10.9 Å². The summed E-state index contributed by atoms with van der Waals surface area (Å²) in [7, 11) is 0. The second-order valence-corrected chi connectivity index (χ2v) is 7.07. The molecule has 122 valence electrons. The normalized spacial score (nSPS) is 13.8. The zero-order valence-electron chi connectivity index (χ0n) is 13.4. The number of carbonyl (C=O) groups is 1. The van der Waals surface area contributed by atoms with Gasteiger partial charge in [-0.1, -0.05) is 30.0 Å². The van der Waals surface area contributed by atoms with Crippen molar-refractivity contribution in [1.82, 2.24) is 14.5 Å². The number of carbonyl (C=O) groups excluding carboxylic acids is 1. The molecule has 0 bridgehead atoms. The SMILES string of the molecule is O=C(CCSc1ncccn1)n1c2c(c3ccccc31)CCCC2. The van der Waals surface area contributed by atoms with Gasteiger partial charge in [0.15, 0.2) is 5.16 Å². The highest BCUT2D eigenvalue weighted by Crippen LogP contribution is 2.32. The summed E-state index contributed by atoms with van der Waals surface area (Å²) in [5, 5.41) is 1.98. The van der Waals surface area contributed by atoms with Crippen LogP contribution in [0.4, 0.5) is 0 Å². The summed E-state index contributed by atoms with van der Waals surface area (Å²) in [5.41, 5.74) is 3.67. The fourth-order valence-electron chi connectivity index (χ4n) is 3.48. The van der Waals surface area contributed by atoms with Gasteiger partial charge < -0.3 is 0 Å². The average molecular weight is 337 g/mol. The highest BCUT2D eigenvalue weighted by molar-refractivity contribution is 7.99. The van der Waals surface area contributed by atoms with Crippen molar-refractivity contribution < 1.29 is 4.79 Å². The standard InChI is InChI=1S/C19H19N3OS/c23-18(10-13-24-19-20-11-5-12-21-19)22-16-8-3-1-6-14(16)15-7-2-4-9-17(15)22/h1,3,5-6,8,11-12H,2,4,7,9-10,13H2. The number of nitrogens with zero attached hydrogens (tertiary/aromatic N) is 3. The van der Waals surface area contributed by atoms with Crippen molar-refractivity contribution in [2.45, 2.75) is 37.3 Å². The molecule has 5 heteroatoms. The molecular formula is C19H19N3OS. The van der Waals surface area contributed by atoms with E-state index in [1.54, 1.807) is 18.5 Å². The monoisotopic (exact) mass is 337 g/mol. The molecule has 1 aromatic carbocycles. The van der Waals surface area contributed by atoms with Gasteiger partial charge in [0, 0.05) is 35.6 Å². The molecule has 1 aliphatic carbocycles. The molecule has 0 amide bonds. The molecule has 0 N–H and O–H groups in total. The van der Waals surface area contributed by atoms with Gasteiger partial charge in [-0.2, -0.15) is 0 Å². The number of thioether (sulfide) groups is 1. The summed E-state index contributed by atoms with van der Waals surface area (Å²) in [5.74, 6) is 0.877. The molecule has 4 rings (SSSR count). The van der Waals surface area contributed by atoms with Gasteiger partial charge in [-0.05, 0) is 43.4 Å². The van der Waals surface area contributed by atoms with Crippen LogP contribution in [-0.4, -0.2) is 26.2 Å². The molecule has 2 heterocycles. The number of para-hydroxylation sites is 1. The Morgan fingerprint density at radius 2 is 1.88 bits per heavy atom. The molecule has 0 saturated heterocycles. The van der Waals surface area contributed by atoms with Gasteiger partial charge in [-0.25, -0.2) is 9.97 Å². The van der Waals surface area contributed by atoms with Crippen LogP contribution in [-0.2, 0) is 12.8 Å². The molecule has 0 saturated carbocycles. The average Bonchev–Trinajstić information content (AvgIpc) is 2.97. The number of hydrogen-bond donors (Lipinski definition) is 0. The summed E-state index contributed by atoms with van der Waals surface area (Å²) in [6, 6.07) is 10.1. The summed E-state index contributed by atoms with van der Waals surface area (Å²) >= 11 is 1.53. The number of fused-ring (bicyclic) bond motifs is 3. The summed E-state index contributed by atoms with van der Waals surface area (Å²) in [4.78, 5) is 21.3. The quantitative estimate of drug-likeness (QED) is 0.530. The highest BCUT2D eigenvalue weighted by Gasteiger charge is 2.22. The maximum Gasteiger partial charge on any atom is 0.232 e. The van der Waals surface area contributed by atoms with Crippen LogP contribution in [0.1, 0.15) is 35.3 Å². The van der Waals surface area contributed by atoms with E-state index < -0.39 is 0 Å². The second-order valence-electron chi connectivity index (χ2n) is 6.01. The molecule has 3 aromatic rings. The van der Waals surface area contributed by atoms with Gasteiger partial charge in [0.25, 0.3) is 0 Å². The lowest BCUT2D eigenvalue weighted by molar-refractivity contribution is 0.0912. The zero-order chi connectivity index (χ0) is 16.4. The minimum absolute atomic E-state index is 0.179. The fraction of sp³-hybridized carbons (Fsp3) is 0.316. The molecule has 0 fully saturated rings. The van der Waals surface area contributed by atoms with E-state index in [0.29, 0.717) is 12.2 Å². The van der Waals surface area contributed by atoms with Gasteiger partial charge in [-0.15, -0.1) is 0 Å². The molecule has 0 radical (unpaired) electrons. The smallest absolute Gasteiger partial charge is 0.232 e. The lowest BCUT2D eigenvalue weighted by atomic mass is 9.95. The van der Waals surface area contributed by atoms with Gasteiger partial charge >= 0.3 is 0 Å². The second kappa shape index (κ2) is 6.77. The predicted octanol–water partition coefficient (Wildman–Crippen LogP) is 4.13. The van der Waals surface area contributed by atoms with Crippen molar-refractivity contribution in [3.8, 4) is 0 Å². The number of aromatic nitrogens is 3. The van der Waals surface area contributed by atoms with Gasteiger partial charge in [0.2, 0.25) is 5.91 Å². The van der Waals surface area contributed by atoms with E-state index in [1.165, 1.54) is 41.2 Å². The maximum absolute atomic E-state index is 12.9. The predicted molar refractivity (Wildman–Crippen MR) is 96.6 cm³/mol. The van der Waals surface area contributed by atoms with Crippen LogP contribution in [0.15, 0.2) is 47.9 Å². The van der Waals surface area contributed by atoms with Crippen molar-refractivity contribution in [1.29, 1.82) is 0 Å². The Kier molecular flexibility index (Phi) is 4.34. The lowest BCUT2D eigenvalue weighted by Gasteiger charge is -2.15. The first kappa shape index (κ1) is 15.4. The van der Waals surface area contributed by atoms with E-state index in [-0.39, 0.29) is 5.91 Å². The van der Waals surface area contributed by atoms with Crippen LogP contribution in [0.3, 0.4) is 0 Å². The zero-order valence-corrected chi connectivity index (χ0v) is 14.3. The molecule has 1 aliphatic rings. The Morgan fingerprint density at radius 1 is 1.08 bits per heavy atom. The topological polar surface area (TPSA) is 47.8 Å². The van der Waals surface area contributed by atoms with Gasteiger partial charge in [0.1, 0.15) is 0 Å². The number of rotatable bonds is 4. The largest absolute Gasteiger partial charge is 0.284 e. The van der Waals surface area contributed by atoms with Crippen molar-refractivity contribution in [2.75, 3.05) is 5.75 Å². The Balaban J connectivity index is 1.58. The minimum Gasteiger partial charge on any atom is -0.284 e. The molecular weight excluding hydrogens is 318 g/mol. The van der Waals surface area contributed by atoms with E-state index in [4.69, 9.17) is 0 Å². The lowest BCUT2D eigenvalue weighted by Crippen LogP contribution is -2.16. The fourth-order valence-corrected chi connectivity index (χ4v) is 4.21. The summed E-state index contributed by atoms with van der Waals surface area (Å²) in [6.45, 7) is 0. The van der Waals surface area contributed by atoms with Crippen LogP contribution in [0, 0.1) is 0 Å². The third-order valence-electron chi connectivity index (χ3n) is 4.52. The summed E-state index contributed by atoms with van der Waals surface area (Å²) in [6.07, 6.45) is 8.43. The number of benzene rings is 1. The van der Waals surface area contributed by atoms with Crippen molar-refractivity contribution in [2.24, 2.45) is 0 Å². The van der Waals surface area contributed by atoms with E-state index in [0.717, 1.165) is 23.5 Å². The first-order chi connectivity index (χ1) is 11.8. The summed E-state index contributed by atoms with van der Waals surface area (Å²) < 4.78 is 1.97. The molecule has 0 atom stereocenters. The highest BCUT2D eigenvalue weighted by atomic mass is 32.2. The van der Waals surface area contributed by atoms with E-state index in [9.17, 15) is 4.79 Å². The number of hydrogen-bond acceptors (Lipinski definition) is 4. The van der Waals surface area contributed by atoms with Crippen molar-refractivity contribution in [3.63, 3.8) is 0 Å². The van der Waals surface area contributed by atoms with Gasteiger partial charge in [-0.3, -0.25) is 9.36 Å². The van der Waals surface area contributed by atoms with Crippen LogP contribution in [0.5, 0.6) is 0 Å². The van der Waals surface area contributed by atoms with Gasteiger partial charge in [0.05, 0.1) is 5.52 Å². The molecule has 0 unspecified atom stereocenters. The Hall–Kier alpha value is -2.14. The molecule has 0 spiro atoms. The van der Waals surface area contributed by atoms with E-state index in [2.05, 4.69) is 28.2 Å². The maximum atomic E-state index is 12.9. The van der Waals surface area contributed by atoms with E-state index in [1.807, 2.05) is 10.6 Å². The third kappa shape index (κ3) is 2.84. The first-order valence-electron chi connectivity index (χ1n) is 8.39. The molecule has 24 heavy (non-hydrogen) atoms. The Bertz CT molecular complexity index is 873. The van der Waals surface area contributed by atoms with Crippen molar-refractivity contribution >= 4 is 28.6 Å². The number of aryl methyl sites for hydroxylation is 1. The Labute approximate surface area is 145 Å². The van der Waals surface area contributed by atoms with E-state index >= 15 is 0 Å². The van der Waals surface area contributed by atoms with Crippen molar-refractivity contribution in [3.05, 3.63) is 54.0 Å². The first-order valence-corrected chi connectivity index (χ1v) is 9.37. The molecule has 4 nitrogen and oxygen atoms in total. The Morgan fingerprint density at radius 3 is 2.75 bits per heavy atom. The minimum atomic E-state index is 0.179. The molecule has 0 aliphatic heterocycles. The van der Waals surface area contributed by atoms with Crippen LogP contribution >= 0.6 is 11.8 Å². The third-order valence-corrected chi connectivity index (χ3v) is 5.39. The van der Waals surface area contributed by atoms with Crippen LogP contribution < -0.4 is 0 Å². The molecule has 2 aromatic heterocycles.